The van der Waals surface area contributed by atoms with Crippen molar-refractivity contribution in [1.82, 2.24) is 4.98 Å². The van der Waals surface area contributed by atoms with Gasteiger partial charge in [-0.1, -0.05) is 6.07 Å². The molecule has 0 saturated heterocycles. The smallest absolute Gasteiger partial charge is 0.421 e. The molecule has 0 amide bonds. The molecule has 7 heteroatoms. The van der Waals surface area contributed by atoms with Crippen molar-refractivity contribution in [2.75, 3.05) is 7.11 Å². The van der Waals surface area contributed by atoms with Gasteiger partial charge in [0, 0.05) is 17.8 Å². The van der Waals surface area contributed by atoms with Crippen molar-refractivity contribution < 1.29 is 26.7 Å². The minimum atomic E-state index is -4.64. The third kappa shape index (κ3) is 2.56. The Bertz CT molecular complexity index is 639. The van der Waals surface area contributed by atoms with E-state index in [1.54, 1.807) is 0 Å². The van der Waals surface area contributed by atoms with Gasteiger partial charge in [0.05, 0.1) is 12.8 Å². The number of nitrogens with zero attached hydrogens (tertiary/aromatic N) is 1. The van der Waals surface area contributed by atoms with Gasteiger partial charge in [-0.2, -0.15) is 13.2 Å². The van der Waals surface area contributed by atoms with E-state index in [0.717, 1.165) is 19.2 Å². The first kappa shape index (κ1) is 14.2. The van der Waals surface area contributed by atoms with Gasteiger partial charge in [0.2, 0.25) is 0 Å². The number of alkyl halides is 3. The summed E-state index contributed by atoms with van der Waals surface area (Å²) in [6.45, 7) is 0. The summed E-state index contributed by atoms with van der Waals surface area (Å²) in [5.74, 6) is -2.80. The van der Waals surface area contributed by atoms with E-state index in [2.05, 4.69) is 9.72 Å². The Morgan fingerprint density at radius 3 is 2.45 bits per heavy atom. The van der Waals surface area contributed by atoms with Gasteiger partial charge < -0.3 is 4.74 Å². The summed E-state index contributed by atoms with van der Waals surface area (Å²) < 4.78 is 69.3. The van der Waals surface area contributed by atoms with Crippen molar-refractivity contribution in [1.29, 1.82) is 0 Å². The average Bonchev–Trinajstić information content (AvgIpc) is 2.40. The molecule has 1 aromatic carbocycles. The third-order valence-electron chi connectivity index (χ3n) is 2.62. The lowest BCUT2D eigenvalue weighted by atomic mass is 10.1. The highest BCUT2D eigenvalue weighted by molar-refractivity contribution is 5.62. The number of hydrogen-bond donors (Lipinski definition) is 0. The van der Waals surface area contributed by atoms with Gasteiger partial charge in [-0.15, -0.1) is 0 Å². The van der Waals surface area contributed by atoms with Crippen LogP contribution in [0.25, 0.3) is 11.3 Å². The van der Waals surface area contributed by atoms with Crippen molar-refractivity contribution >= 4 is 0 Å². The van der Waals surface area contributed by atoms with Gasteiger partial charge in [-0.25, -0.2) is 8.78 Å². The van der Waals surface area contributed by atoms with E-state index in [4.69, 9.17) is 0 Å². The average molecular weight is 289 g/mol. The number of rotatable bonds is 2. The molecule has 1 heterocycles. The van der Waals surface area contributed by atoms with Crippen molar-refractivity contribution in [2.45, 2.75) is 6.18 Å². The Balaban J connectivity index is 2.58. The third-order valence-corrected chi connectivity index (χ3v) is 2.62. The summed E-state index contributed by atoms with van der Waals surface area (Å²) in [6, 6.07) is 4.27. The van der Waals surface area contributed by atoms with Crippen LogP contribution in [0.4, 0.5) is 22.0 Å². The van der Waals surface area contributed by atoms with E-state index >= 15 is 0 Å². The fourth-order valence-electron chi connectivity index (χ4n) is 1.67. The molecule has 0 unspecified atom stereocenters. The lowest BCUT2D eigenvalue weighted by Crippen LogP contribution is -2.08. The molecule has 0 atom stereocenters. The first-order chi connectivity index (χ1) is 9.34. The second-order valence-corrected chi connectivity index (χ2v) is 3.87. The molecule has 0 fully saturated rings. The molecule has 20 heavy (non-hydrogen) atoms. The first-order valence-corrected chi connectivity index (χ1v) is 5.40. The molecule has 0 aliphatic carbocycles. The second kappa shape index (κ2) is 5.07. The van der Waals surface area contributed by atoms with E-state index in [9.17, 15) is 22.0 Å². The molecule has 0 aliphatic heterocycles. The number of ether oxygens (including phenoxy) is 1. The predicted molar refractivity (Wildman–Crippen MR) is 61.1 cm³/mol. The van der Waals surface area contributed by atoms with Crippen LogP contribution >= 0.6 is 0 Å². The summed E-state index contributed by atoms with van der Waals surface area (Å²) in [7, 11) is 1.05. The SMILES string of the molecule is COc1cc(-c2cccc(F)c2F)ncc1C(F)(F)F. The molecule has 0 saturated carbocycles. The Morgan fingerprint density at radius 2 is 1.85 bits per heavy atom. The molecule has 0 N–H and O–H groups in total. The molecule has 2 rings (SSSR count). The lowest BCUT2D eigenvalue weighted by molar-refractivity contribution is -0.139. The second-order valence-electron chi connectivity index (χ2n) is 3.87. The van der Waals surface area contributed by atoms with E-state index in [1.165, 1.54) is 12.1 Å². The highest BCUT2D eigenvalue weighted by Gasteiger charge is 2.35. The van der Waals surface area contributed by atoms with E-state index in [0.29, 0.717) is 6.20 Å². The Morgan fingerprint density at radius 1 is 1.15 bits per heavy atom. The van der Waals surface area contributed by atoms with E-state index in [1.807, 2.05) is 0 Å². The number of aromatic nitrogens is 1. The minimum absolute atomic E-state index is 0.146. The van der Waals surface area contributed by atoms with Gasteiger partial charge in [-0.3, -0.25) is 4.98 Å². The zero-order valence-corrected chi connectivity index (χ0v) is 10.1. The van der Waals surface area contributed by atoms with Gasteiger partial charge in [0.1, 0.15) is 11.3 Å². The monoisotopic (exact) mass is 289 g/mol. The number of pyridine rings is 1. The maximum absolute atomic E-state index is 13.6. The van der Waals surface area contributed by atoms with E-state index in [-0.39, 0.29) is 11.3 Å². The van der Waals surface area contributed by atoms with Crippen LogP contribution in [0.2, 0.25) is 0 Å². The highest BCUT2D eigenvalue weighted by Crippen LogP contribution is 2.37. The van der Waals surface area contributed by atoms with Crippen molar-refractivity contribution in [3.05, 3.63) is 47.7 Å². The van der Waals surface area contributed by atoms with Crippen molar-refractivity contribution in [3.63, 3.8) is 0 Å². The molecule has 2 aromatic rings. The number of methoxy groups -OCH3 is 1. The van der Waals surface area contributed by atoms with Crippen molar-refractivity contribution in [3.8, 4) is 17.0 Å². The summed E-state index contributed by atoms with van der Waals surface area (Å²) in [4.78, 5) is 3.52. The number of hydrogen-bond acceptors (Lipinski definition) is 2. The van der Waals surface area contributed by atoms with Gasteiger partial charge in [0.15, 0.2) is 11.6 Å². The summed E-state index contributed by atoms with van der Waals surface area (Å²) >= 11 is 0. The van der Waals surface area contributed by atoms with Crippen LogP contribution in [-0.2, 0) is 6.18 Å². The molecule has 0 radical (unpaired) electrons. The standard InChI is InChI=1S/C13H8F5NO/c1-20-11-5-10(19-6-8(11)13(16,17)18)7-3-2-4-9(14)12(7)15/h2-6H,1H3. The predicted octanol–water partition coefficient (Wildman–Crippen LogP) is 4.05. The number of halogens is 5. The van der Waals surface area contributed by atoms with Crippen LogP contribution in [0.15, 0.2) is 30.5 Å². The zero-order chi connectivity index (χ0) is 14.9. The lowest BCUT2D eigenvalue weighted by Gasteiger charge is -2.12. The van der Waals surface area contributed by atoms with Crippen LogP contribution in [-0.4, -0.2) is 12.1 Å². The quantitative estimate of drug-likeness (QED) is 0.778. The fraction of sp³-hybridized carbons (Fsp3) is 0.154. The Labute approximate surface area is 110 Å². The van der Waals surface area contributed by atoms with Crippen molar-refractivity contribution in [2.24, 2.45) is 0 Å². The summed E-state index contributed by atoms with van der Waals surface area (Å²) in [5.41, 5.74) is -1.47. The largest absolute Gasteiger partial charge is 0.496 e. The first-order valence-electron chi connectivity index (χ1n) is 5.40. The van der Waals surface area contributed by atoms with E-state index < -0.39 is 29.1 Å². The van der Waals surface area contributed by atoms with Gasteiger partial charge in [-0.05, 0) is 12.1 Å². The Kier molecular flexibility index (Phi) is 3.61. The summed E-state index contributed by atoms with van der Waals surface area (Å²) in [6.07, 6.45) is -4.12. The highest BCUT2D eigenvalue weighted by atomic mass is 19.4. The minimum Gasteiger partial charge on any atom is -0.496 e. The molecular weight excluding hydrogens is 281 g/mol. The van der Waals surface area contributed by atoms with Crippen LogP contribution in [0, 0.1) is 11.6 Å². The van der Waals surface area contributed by atoms with Gasteiger partial charge in [0.25, 0.3) is 0 Å². The molecule has 0 aliphatic rings. The normalized spacial score (nSPS) is 11.5. The topological polar surface area (TPSA) is 22.1 Å². The molecule has 1 aromatic heterocycles. The van der Waals surface area contributed by atoms with Crippen LogP contribution in [0.1, 0.15) is 5.56 Å². The summed E-state index contributed by atoms with van der Waals surface area (Å²) in [5, 5.41) is 0. The molecule has 0 bridgehead atoms. The van der Waals surface area contributed by atoms with Crippen LogP contribution in [0.3, 0.4) is 0 Å². The molecule has 2 nitrogen and oxygen atoms in total. The fourth-order valence-corrected chi connectivity index (χ4v) is 1.67. The maximum atomic E-state index is 13.6. The molecule has 0 spiro atoms. The van der Waals surface area contributed by atoms with Crippen LogP contribution < -0.4 is 4.74 Å². The number of benzene rings is 1. The van der Waals surface area contributed by atoms with Crippen LogP contribution in [0.5, 0.6) is 5.75 Å². The molecule has 106 valence electrons. The Hall–Kier alpha value is -2.18. The molecular formula is C13H8F5NO. The zero-order valence-electron chi connectivity index (χ0n) is 10.1. The maximum Gasteiger partial charge on any atom is 0.421 e. The van der Waals surface area contributed by atoms with Gasteiger partial charge >= 0.3 is 6.18 Å².